The van der Waals surface area contributed by atoms with Gasteiger partial charge in [0.25, 0.3) is 0 Å². The molecule has 199 valence electrons. The molecule has 0 aromatic carbocycles. The summed E-state index contributed by atoms with van der Waals surface area (Å²) in [6.45, 7) is 9.04. The Kier molecular flexibility index (Phi) is 22.9. The standard InChI is InChI=1S/C12H24O6.C6N6Se.C4H8O.K/c1-2-14-5-6-16-9-10-18-12-11-17-8-7-15-4-3-13-1;7-1-3-4(2-8)10-6-5(9-3)11-13-12-6;1-2-4-5-3-1;/h1-12H2;;1-4H2;. The summed E-state index contributed by atoms with van der Waals surface area (Å²) in [4.78, 5) is 7.70. The average molecular weight is 611 g/mol. The van der Waals surface area contributed by atoms with Crippen molar-refractivity contribution < 1.29 is 33.2 Å². The van der Waals surface area contributed by atoms with Gasteiger partial charge in [0, 0.05) is 64.6 Å². The van der Waals surface area contributed by atoms with E-state index in [1.54, 1.807) is 12.1 Å². The Labute approximate surface area is 265 Å². The van der Waals surface area contributed by atoms with E-state index < -0.39 is 0 Å². The maximum atomic E-state index is 8.61. The Morgan fingerprint density at radius 3 is 0.973 bits per heavy atom. The first kappa shape index (κ1) is 34.6. The molecular weight excluding hydrogens is 578 g/mol. The first-order chi connectivity index (χ1) is 17.8. The van der Waals surface area contributed by atoms with Crippen LogP contribution >= 0.6 is 0 Å². The van der Waals surface area contributed by atoms with Crippen LogP contribution in [-0.4, -0.2) is 177 Å². The molecule has 2 aromatic rings. The van der Waals surface area contributed by atoms with Gasteiger partial charge in [0.2, 0.25) is 0 Å². The van der Waals surface area contributed by atoms with Crippen molar-refractivity contribution in [2.24, 2.45) is 0 Å². The minimum Gasteiger partial charge on any atom is 0 e. The molecule has 0 unspecified atom stereocenters. The Balaban J connectivity index is 0.000000312. The van der Waals surface area contributed by atoms with Gasteiger partial charge < -0.3 is 33.2 Å². The number of nitriles is 2. The van der Waals surface area contributed by atoms with Crippen molar-refractivity contribution in [3.8, 4) is 12.1 Å². The Morgan fingerprint density at radius 2 is 0.757 bits per heavy atom. The SMILES string of the molecule is C1CCOC1.C1COCCOCCOCCOCCOCCO1.N#Cc1nc2n[se]nc2nc1C#N.[K]. The van der Waals surface area contributed by atoms with Crippen LogP contribution in [0.5, 0.6) is 0 Å². The number of nitrogens with zero attached hydrogens (tertiary/aromatic N) is 6. The Morgan fingerprint density at radius 1 is 0.486 bits per heavy atom. The number of fused-ring (bicyclic) bond motifs is 1. The van der Waals surface area contributed by atoms with Crippen molar-refractivity contribution in [1.82, 2.24) is 17.9 Å². The zero-order valence-corrected chi connectivity index (χ0v) is 26.1. The van der Waals surface area contributed by atoms with E-state index in [9.17, 15) is 0 Å². The number of aromatic nitrogens is 4. The van der Waals surface area contributed by atoms with E-state index in [0.29, 0.717) is 90.6 Å². The van der Waals surface area contributed by atoms with E-state index in [1.165, 1.54) is 12.8 Å². The summed E-state index contributed by atoms with van der Waals surface area (Å²) in [5, 5.41) is 17.2. The van der Waals surface area contributed by atoms with E-state index in [4.69, 9.17) is 43.7 Å². The molecule has 0 N–H and O–H groups in total. The van der Waals surface area contributed by atoms with E-state index in [1.807, 2.05) is 0 Å². The van der Waals surface area contributed by atoms with Crippen LogP contribution in [0.4, 0.5) is 0 Å². The molecule has 0 saturated carbocycles. The van der Waals surface area contributed by atoms with Gasteiger partial charge in [-0.1, -0.05) is 0 Å². The average Bonchev–Trinajstić information content (AvgIpc) is 3.63. The molecule has 0 atom stereocenters. The molecule has 13 nitrogen and oxygen atoms in total. The molecule has 0 amide bonds. The van der Waals surface area contributed by atoms with Crippen LogP contribution in [0.3, 0.4) is 0 Å². The third-order valence-electron chi connectivity index (χ3n) is 4.39. The smallest absolute Gasteiger partial charge is 0 e. The van der Waals surface area contributed by atoms with Crippen molar-refractivity contribution in [2.75, 3.05) is 92.5 Å². The fourth-order valence-corrected chi connectivity index (χ4v) is 3.55. The molecule has 2 saturated heterocycles. The summed E-state index contributed by atoms with van der Waals surface area (Å²) in [5.74, 6) is 0. The third-order valence-corrected chi connectivity index (χ3v) is 5.45. The van der Waals surface area contributed by atoms with Crippen LogP contribution in [0.2, 0.25) is 0 Å². The topological polar surface area (TPSA) is 164 Å². The van der Waals surface area contributed by atoms with Crippen molar-refractivity contribution >= 4 is 77.6 Å². The minimum absolute atomic E-state index is 0. The van der Waals surface area contributed by atoms with Gasteiger partial charge in [-0.3, -0.25) is 0 Å². The van der Waals surface area contributed by atoms with Gasteiger partial charge in [-0.25, -0.2) is 0 Å². The number of hydrogen-bond donors (Lipinski definition) is 0. The number of hydrogen-bond acceptors (Lipinski definition) is 13. The van der Waals surface area contributed by atoms with Gasteiger partial charge in [-0.15, -0.1) is 0 Å². The van der Waals surface area contributed by atoms with E-state index >= 15 is 0 Å². The van der Waals surface area contributed by atoms with Gasteiger partial charge in [-0.05, 0) is 12.8 Å². The summed E-state index contributed by atoms with van der Waals surface area (Å²) in [6, 6.07) is 3.57. The first-order valence-electron chi connectivity index (χ1n) is 11.7. The second kappa shape index (κ2) is 24.6. The summed E-state index contributed by atoms with van der Waals surface area (Å²) < 4.78 is 44.8. The second-order valence-corrected chi connectivity index (χ2v) is 8.16. The van der Waals surface area contributed by atoms with Crippen LogP contribution in [0, 0.1) is 22.7 Å². The molecular formula is C22H32KN6O7Se. The molecule has 2 aliphatic rings. The molecule has 15 heteroatoms. The maximum Gasteiger partial charge on any atom is 0 e. The van der Waals surface area contributed by atoms with Crippen LogP contribution in [0.25, 0.3) is 11.3 Å². The van der Waals surface area contributed by atoms with Crippen LogP contribution in [-0.2, 0) is 33.2 Å². The summed E-state index contributed by atoms with van der Waals surface area (Å²) in [6.07, 6.45) is 2.56. The summed E-state index contributed by atoms with van der Waals surface area (Å²) in [5.41, 5.74) is 0.766. The Hall–Kier alpha value is -0.464. The Bertz CT molecular complexity index is 792. The predicted octanol–water partition coefficient (Wildman–Crippen LogP) is -0.264. The molecule has 0 bridgehead atoms. The molecule has 0 spiro atoms. The summed E-state index contributed by atoms with van der Waals surface area (Å²) >= 11 is -0.233. The van der Waals surface area contributed by atoms with Crippen LogP contribution in [0.15, 0.2) is 0 Å². The molecule has 1 radical (unpaired) electrons. The fourth-order valence-electron chi connectivity index (χ4n) is 2.62. The van der Waals surface area contributed by atoms with Crippen LogP contribution in [0.1, 0.15) is 24.2 Å². The van der Waals surface area contributed by atoms with Crippen molar-refractivity contribution in [3.05, 3.63) is 11.4 Å². The van der Waals surface area contributed by atoms with Crippen LogP contribution < -0.4 is 0 Å². The first-order valence-corrected chi connectivity index (χ1v) is 13.2. The van der Waals surface area contributed by atoms with E-state index in [2.05, 4.69) is 17.9 Å². The quantitative estimate of drug-likeness (QED) is 0.359. The fraction of sp³-hybridized carbons (Fsp3) is 0.727. The zero-order valence-electron chi connectivity index (χ0n) is 21.3. The zero-order chi connectivity index (χ0) is 25.5. The van der Waals surface area contributed by atoms with Gasteiger partial charge in [0.05, 0.1) is 79.3 Å². The molecule has 2 fully saturated rings. The minimum atomic E-state index is -0.233. The van der Waals surface area contributed by atoms with Gasteiger partial charge in [-0.2, -0.15) is 0 Å². The molecule has 0 aliphatic carbocycles. The molecule has 4 heterocycles. The predicted molar refractivity (Wildman–Crippen MR) is 132 cm³/mol. The third kappa shape index (κ3) is 17.0. The second-order valence-electron chi connectivity index (χ2n) is 7.05. The van der Waals surface area contributed by atoms with Gasteiger partial charge in [0.15, 0.2) is 0 Å². The normalized spacial score (nSPS) is 18.2. The van der Waals surface area contributed by atoms with Crippen molar-refractivity contribution in [2.45, 2.75) is 12.8 Å². The largest absolute Gasteiger partial charge is 0 e. The summed E-state index contributed by atoms with van der Waals surface area (Å²) in [7, 11) is 0. The molecule has 4 rings (SSSR count). The van der Waals surface area contributed by atoms with E-state index in [0.717, 1.165) is 13.2 Å². The molecule has 2 aromatic heterocycles. The maximum absolute atomic E-state index is 8.61. The van der Waals surface area contributed by atoms with Crippen molar-refractivity contribution in [1.29, 1.82) is 10.5 Å². The number of rotatable bonds is 0. The van der Waals surface area contributed by atoms with Crippen molar-refractivity contribution in [3.63, 3.8) is 0 Å². The number of ether oxygens (including phenoxy) is 7. The van der Waals surface area contributed by atoms with Gasteiger partial charge in [0.1, 0.15) is 0 Å². The molecule has 2 aliphatic heterocycles. The molecule has 37 heavy (non-hydrogen) atoms. The monoisotopic (exact) mass is 611 g/mol. The van der Waals surface area contributed by atoms with Gasteiger partial charge >= 0.3 is 78.2 Å². The van der Waals surface area contributed by atoms with E-state index in [-0.39, 0.29) is 77.7 Å².